The van der Waals surface area contributed by atoms with Gasteiger partial charge < -0.3 is 11.2 Å². The molecular formula is C11H19FeN2-. The fraction of sp³-hybridized carbons (Fsp3) is 0.727. The molecule has 0 unspecified atom stereocenters. The first-order valence-electron chi connectivity index (χ1n) is 4.70. The Balaban J connectivity index is 0.00000169. The van der Waals surface area contributed by atoms with E-state index in [1.54, 1.807) is 0 Å². The second-order valence-corrected chi connectivity index (χ2v) is 5.57. The molecule has 0 aromatic carbocycles. The summed E-state index contributed by atoms with van der Waals surface area (Å²) in [6.45, 7) is 12.9. The molecule has 0 aliphatic rings. The van der Waals surface area contributed by atoms with Crippen molar-refractivity contribution in [1.29, 1.82) is 0 Å². The van der Waals surface area contributed by atoms with Gasteiger partial charge in [0.1, 0.15) is 0 Å². The van der Waals surface area contributed by atoms with E-state index in [1.807, 2.05) is 0 Å². The molecule has 1 aromatic rings. The minimum absolute atomic E-state index is 0. The molecule has 0 amide bonds. The van der Waals surface area contributed by atoms with Crippen LogP contribution in [0.4, 0.5) is 0 Å². The molecule has 0 fully saturated rings. The maximum Gasteiger partial charge on any atom is 0 e. The van der Waals surface area contributed by atoms with Crippen LogP contribution in [0, 0.1) is 6.07 Å². The molecule has 1 rings (SSSR count). The Kier molecular flexibility index (Phi) is 4.00. The minimum atomic E-state index is 0. The van der Waals surface area contributed by atoms with Crippen molar-refractivity contribution in [3.63, 3.8) is 0 Å². The topological polar surface area (TPSA) is 28.7 Å². The van der Waals surface area contributed by atoms with E-state index in [4.69, 9.17) is 0 Å². The smallest absolute Gasteiger partial charge is 0 e. The molecule has 2 nitrogen and oxygen atoms in total. The third-order valence-electron chi connectivity index (χ3n) is 1.98. The van der Waals surface area contributed by atoms with Gasteiger partial charge in [0.25, 0.3) is 0 Å². The number of hydrogen-bond acceptors (Lipinski definition) is 1. The number of nitrogens with zero attached hydrogens (tertiary/aromatic N) is 1. The average Bonchev–Trinajstić information content (AvgIpc) is 2.28. The van der Waals surface area contributed by atoms with Gasteiger partial charge in [-0.1, -0.05) is 41.5 Å². The third kappa shape index (κ3) is 3.14. The summed E-state index contributed by atoms with van der Waals surface area (Å²) >= 11 is 0. The first kappa shape index (κ1) is 13.7. The van der Waals surface area contributed by atoms with Gasteiger partial charge in [-0.15, -0.1) is 11.4 Å². The SMILES string of the molecule is CC(C)(C)c1[c-]c(C(C)(C)C)[nH]n1.[Fe]. The van der Waals surface area contributed by atoms with Crippen LogP contribution in [0.1, 0.15) is 52.9 Å². The summed E-state index contributed by atoms with van der Waals surface area (Å²) < 4.78 is 0. The van der Waals surface area contributed by atoms with E-state index in [1.165, 1.54) is 0 Å². The number of H-pyrrole nitrogens is 1. The predicted octanol–water partition coefficient (Wildman–Crippen LogP) is 2.80. The van der Waals surface area contributed by atoms with Crippen LogP contribution in [-0.4, -0.2) is 10.2 Å². The van der Waals surface area contributed by atoms with Crippen molar-refractivity contribution in [2.75, 3.05) is 0 Å². The first-order chi connectivity index (χ1) is 5.71. The largest absolute Gasteiger partial charge is 0.425 e. The molecule has 0 spiro atoms. The normalized spacial score (nSPS) is 12.4. The van der Waals surface area contributed by atoms with Crippen molar-refractivity contribution in [2.45, 2.75) is 52.4 Å². The number of aromatic amines is 1. The fourth-order valence-corrected chi connectivity index (χ4v) is 0.997. The van der Waals surface area contributed by atoms with Gasteiger partial charge in [-0.05, 0) is 10.8 Å². The molecule has 0 saturated carbocycles. The van der Waals surface area contributed by atoms with E-state index in [0.29, 0.717) is 0 Å². The van der Waals surface area contributed by atoms with Crippen LogP contribution in [-0.2, 0) is 27.9 Å². The molecule has 0 radical (unpaired) electrons. The molecule has 0 saturated heterocycles. The first-order valence-corrected chi connectivity index (χ1v) is 4.70. The van der Waals surface area contributed by atoms with E-state index in [9.17, 15) is 0 Å². The Morgan fingerprint density at radius 1 is 1.00 bits per heavy atom. The van der Waals surface area contributed by atoms with Crippen LogP contribution < -0.4 is 0 Å². The van der Waals surface area contributed by atoms with Crippen LogP contribution in [0.2, 0.25) is 0 Å². The Morgan fingerprint density at radius 3 is 1.71 bits per heavy atom. The molecule has 0 atom stereocenters. The van der Waals surface area contributed by atoms with E-state index in [0.717, 1.165) is 11.4 Å². The van der Waals surface area contributed by atoms with Gasteiger partial charge >= 0.3 is 0 Å². The summed E-state index contributed by atoms with van der Waals surface area (Å²) in [5.41, 5.74) is 2.28. The van der Waals surface area contributed by atoms with Gasteiger partial charge in [-0.2, -0.15) is 0 Å². The molecule has 1 heterocycles. The van der Waals surface area contributed by atoms with Crippen LogP contribution in [0.25, 0.3) is 0 Å². The van der Waals surface area contributed by atoms with Crippen molar-refractivity contribution in [1.82, 2.24) is 10.2 Å². The van der Waals surface area contributed by atoms with Gasteiger partial charge in [-0.25, -0.2) is 5.10 Å². The molecule has 1 N–H and O–H groups in total. The van der Waals surface area contributed by atoms with Crippen LogP contribution in [0.3, 0.4) is 0 Å². The van der Waals surface area contributed by atoms with Crippen LogP contribution >= 0.6 is 0 Å². The minimum Gasteiger partial charge on any atom is -0.425 e. The van der Waals surface area contributed by atoms with Gasteiger partial charge in [0.05, 0.1) is 0 Å². The van der Waals surface area contributed by atoms with Crippen molar-refractivity contribution in [3.8, 4) is 0 Å². The second kappa shape index (κ2) is 4.08. The molecule has 0 bridgehead atoms. The summed E-state index contributed by atoms with van der Waals surface area (Å²) in [6, 6.07) is 3.33. The average molecular weight is 235 g/mol. The fourth-order valence-electron chi connectivity index (χ4n) is 0.997. The number of aromatic nitrogens is 2. The molecule has 82 valence electrons. The molecular weight excluding hydrogens is 216 g/mol. The van der Waals surface area contributed by atoms with E-state index in [2.05, 4.69) is 57.8 Å². The Bertz CT molecular complexity index is 260. The maximum absolute atomic E-state index is 4.27. The zero-order valence-corrected chi connectivity index (χ0v) is 10.9. The summed E-state index contributed by atoms with van der Waals surface area (Å²) in [6.07, 6.45) is 0. The summed E-state index contributed by atoms with van der Waals surface area (Å²) in [7, 11) is 0. The van der Waals surface area contributed by atoms with Gasteiger partial charge in [0.2, 0.25) is 0 Å². The maximum atomic E-state index is 4.27. The molecule has 0 aliphatic carbocycles. The van der Waals surface area contributed by atoms with Crippen molar-refractivity contribution in [2.24, 2.45) is 0 Å². The van der Waals surface area contributed by atoms with Crippen LogP contribution in [0.15, 0.2) is 0 Å². The van der Waals surface area contributed by atoms with Crippen LogP contribution in [0.5, 0.6) is 0 Å². The van der Waals surface area contributed by atoms with Crippen molar-refractivity contribution < 1.29 is 17.1 Å². The zero-order valence-electron chi connectivity index (χ0n) is 9.80. The Labute approximate surface area is 97.3 Å². The Morgan fingerprint density at radius 2 is 1.50 bits per heavy atom. The number of nitrogens with one attached hydrogen (secondary N) is 1. The molecule has 0 aliphatic heterocycles. The summed E-state index contributed by atoms with van der Waals surface area (Å²) in [5.74, 6) is 0. The number of rotatable bonds is 0. The monoisotopic (exact) mass is 235 g/mol. The quantitative estimate of drug-likeness (QED) is 0.543. The standard InChI is InChI=1S/C11H19N2.Fe/c1-10(2,3)8-7-9(13-12-8)11(4,5)6;/h1-6H3,(H,12,13);/q-1;. The summed E-state index contributed by atoms with van der Waals surface area (Å²) in [4.78, 5) is 0. The van der Waals surface area contributed by atoms with Gasteiger partial charge in [0, 0.05) is 17.1 Å². The zero-order chi connectivity index (χ0) is 10.3. The predicted molar refractivity (Wildman–Crippen MR) is 54.8 cm³/mol. The van der Waals surface area contributed by atoms with E-state index in [-0.39, 0.29) is 27.9 Å². The Hall–Kier alpha value is -0.271. The van der Waals surface area contributed by atoms with Gasteiger partial charge in [-0.3, -0.25) is 0 Å². The van der Waals surface area contributed by atoms with E-state index >= 15 is 0 Å². The van der Waals surface area contributed by atoms with Crippen molar-refractivity contribution in [3.05, 3.63) is 17.5 Å². The molecule has 14 heavy (non-hydrogen) atoms. The van der Waals surface area contributed by atoms with Gasteiger partial charge in [0.15, 0.2) is 0 Å². The molecule has 1 aromatic heterocycles. The summed E-state index contributed by atoms with van der Waals surface area (Å²) in [5, 5.41) is 7.32. The second-order valence-electron chi connectivity index (χ2n) is 5.57. The van der Waals surface area contributed by atoms with Crippen molar-refractivity contribution >= 4 is 0 Å². The number of hydrogen-bond donors (Lipinski definition) is 1. The molecule has 3 heteroatoms. The van der Waals surface area contributed by atoms with E-state index < -0.39 is 0 Å². The third-order valence-corrected chi connectivity index (χ3v) is 1.98.